The zero-order valence-electron chi connectivity index (χ0n) is 16.1. The van der Waals surface area contributed by atoms with Crippen molar-refractivity contribution in [1.82, 2.24) is 5.32 Å². The standard InChI is InChI=1S/C21H19F2N3O4/c1-11(12-2-3-18-17(6-12)25-19(27)10-30-18)24-20(28)16-4-5-26(21(16)29)15-8-13(22)7-14(23)9-15/h2-3,6-9,11,16H,4-5,10H2,1H3,(H,24,28)(H,25,27). The van der Waals surface area contributed by atoms with E-state index < -0.39 is 35.4 Å². The van der Waals surface area contributed by atoms with Crippen LogP contribution < -0.4 is 20.3 Å². The number of carbonyl (C=O) groups excluding carboxylic acids is 3. The Bertz CT molecular complexity index is 1020. The lowest BCUT2D eigenvalue weighted by molar-refractivity contribution is -0.132. The summed E-state index contributed by atoms with van der Waals surface area (Å²) in [6.07, 6.45) is 0.240. The molecule has 2 aliphatic rings. The molecule has 2 N–H and O–H groups in total. The van der Waals surface area contributed by atoms with E-state index in [0.717, 1.165) is 23.8 Å². The van der Waals surface area contributed by atoms with E-state index in [-0.39, 0.29) is 31.2 Å². The number of rotatable bonds is 4. The van der Waals surface area contributed by atoms with Crippen LogP contribution >= 0.6 is 0 Å². The average molecular weight is 415 g/mol. The predicted octanol–water partition coefficient (Wildman–Crippen LogP) is 2.53. The molecule has 7 nitrogen and oxygen atoms in total. The fourth-order valence-electron chi connectivity index (χ4n) is 3.64. The zero-order chi connectivity index (χ0) is 21.4. The number of anilines is 2. The number of nitrogens with zero attached hydrogens (tertiary/aromatic N) is 1. The Morgan fingerprint density at radius 2 is 1.93 bits per heavy atom. The summed E-state index contributed by atoms with van der Waals surface area (Å²) in [5, 5.41) is 5.50. The van der Waals surface area contributed by atoms with Crippen molar-refractivity contribution in [2.75, 3.05) is 23.4 Å². The quantitative estimate of drug-likeness (QED) is 0.752. The van der Waals surface area contributed by atoms with Crippen molar-refractivity contribution in [3.63, 3.8) is 0 Å². The van der Waals surface area contributed by atoms with E-state index >= 15 is 0 Å². The number of ether oxygens (including phenoxy) is 1. The molecule has 0 aromatic heterocycles. The molecule has 2 aromatic rings. The van der Waals surface area contributed by atoms with Crippen molar-refractivity contribution < 1.29 is 27.9 Å². The molecule has 2 aliphatic heterocycles. The van der Waals surface area contributed by atoms with Crippen LogP contribution in [-0.4, -0.2) is 30.9 Å². The van der Waals surface area contributed by atoms with Gasteiger partial charge in [-0.05, 0) is 43.2 Å². The van der Waals surface area contributed by atoms with E-state index in [1.54, 1.807) is 25.1 Å². The number of halogens is 2. The molecule has 0 radical (unpaired) electrons. The molecular formula is C21H19F2N3O4. The third-order valence-corrected chi connectivity index (χ3v) is 5.18. The molecule has 2 atom stereocenters. The minimum Gasteiger partial charge on any atom is -0.482 e. The molecular weight excluding hydrogens is 396 g/mol. The Morgan fingerprint density at radius 1 is 1.20 bits per heavy atom. The molecule has 0 aliphatic carbocycles. The van der Waals surface area contributed by atoms with Crippen molar-refractivity contribution in [2.45, 2.75) is 19.4 Å². The summed E-state index contributed by atoms with van der Waals surface area (Å²) >= 11 is 0. The van der Waals surface area contributed by atoms with Crippen LogP contribution in [0.15, 0.2) is 36.4 Å². The van der Waals surface area contributed by atoms with Gasteiger partial charge < -0.3 is 20.3 Å². The lowest BCUT2D eigenvalue weighted by atomic mass is 10.0. The molecule has 0 bridgehead atoms. The number of amides is 3. The highest BCUT2D eigenvalue weighted by Gasteiger charge is 2.38. The average Bonchev–Trinajstić information content (AvgIpc) is 3.08. The maximum absolute atomic E-state index is 13.5. The topological polar surface area (TPSA) is 87.7 Å². The van der Waals surface area contributed by atoms with Crippen LogP contribution in [0.4, 0.5) is 20.2 Å². The van der Waals surface area contributed by atoms with E-state index in [4.69, 9.17) is 4.74 Å². The van der Waals surface area contributed by atoms with Crippen LogP contribution in [0.1, 0.15) is 24.9 Å². The van der Waals surface area contributed by atoms with Gasteiger partial charge in [0.15, 0.2) is 6.61 Å². The van der Waals surface area contributed by atoms with Crippen molar-refractivity contribution in [3.05, 3.63) is 53.6 Å². The number of nitrogens with one attached hydrogen (secondary N) is 2. The Hall–Kier alpha value is -3.49. The summed E-state index contributed by atoms with van der Waals surface area (Å²) < 4.78 is 32.3. The van der Waals surface area contributed by atoms with Crippen LogP contribution in [0.25, 0.3) is 0 Å². The first-order valence-electron chi connectivity index (χ1n) is 9.46. The summed E-state index contributed by atoms with van der Waals surface area (Å²) in [5.41, 5.74) is 1.33. The maximum atomic E-state index is 13.5. The van der Waals surface area contributed by atoms with Gasteiger partial charge in [-0.25, -0.2) is 8.78 Å². The second kappa shape index (κ2) is 7.74. The molecule has 156 valence electrons. The zero-order valence-corrected chi connectivity index (χ0v) is 16.1. The van der Waals surface area contributed by atoms with Gasteiger partial charge in [0.1, 0.15) is 23.3 Å². The van der Waals surface area contributed by atoms with E-state index in [0.29, 0.717) is 11.4 Å². The number of fused-ring (bicyclic) bond motifs is 1. The molecule has 4 rings (SSSR count). The lowest BCUT2D eigenvalue weighted by Gasteiger charge is -2.22. The summed E-state index contributed by atoms with van der Waals surface area (Å²) in [6, 6.07) is 7.58. The van der Waals surface area contributed by atoms with Gasteiger partial charge in [0.2, 0.25) is 11.8 Å². The number of hydrogen-bond acceptors (Lipinski definition) is 4. The van der Waals surface area contributed by atoms with Crippen LogP contribution in [0, 0.1) is 17.6 Å². The summed E-state index contributed by atoms with van der Waals surface area (Å²) in [6.45, 7) is 1.90. The van der Waals surface area contributed by atoms with Gasteiger partial charge in [-0.1, -0.05) is 6.07 Å². The molecule has 2 heterocycles. The van der Waals surface area contributed by atoms with Crippen LogP contribution in [0.5, 0.6) is 5.75 Å². The second-order valence-electron chi connectivity index (χ2n) is 7.28. The van der Waals surface area contributed by atoms with Crippen molar-refractivity contribution in [2.24, 2.45) is 5.92 Å². The molecule has 3 amide bonds. The molecule has 2 aromatic carbocycles. The van der Waals surface area contributed by atoms with E-state index in [1.165, 1.54) is 4.90 Å². The lowest BCUT2D eigenvalue weighted by Crippen LogP contribution is -2.38. The fraction of sp³-hybridized carbons (Fsp3) is 0.286. The molecule has 1 saturated heterocycles. The van der Waals surface area contributed by atoms with E-state index in [2.05, 4.69) is 10.6 Å². The van der Waals surface area contributed by atoms with Gasteiger partial charge in [0.05, 0.1) is 11.7 Å². The molecule has 1 fully saturated rings. The van der Waals surface area contributed by atoms with Gasteiger partial charge in [0, 0.05) is 18.3 Å². The second-order valence-corrected chi connectivity index (χ2v) is 7.28. The highest BCUT2D eigenvalue weighted by Crippen LogP contribution is 2.31. The minimum absolute atomic E-state index is 0.0475. The predicted molar refractivity (Wildman–Crippen MR) is 104 cm³/mol. The van der Waals surface area contributed by atoms with Crippen LogP contribution in [-0.2, 0) is 14.4 Å². The van der Waals surface area contributed by atoms with E-state index in [9.17, 15) is 23.2 Å². The van der Waals surface area contributed by atoms with Gasteiger partial charge in [-0.3, -0.25) is 14.4 Å². The Morgan fingerprint density at radius 3 is 2.67 bits per heavy atom. The smallest absolute Gasteiger partial charge is 0.262 e. The van der Waals surface area contributed by atoms with Crippen LogP contribution in [0.3, 0.4) is 0 Å². The summed E-state index contributed by atoms with van der Waals surface area (Å²) in [4.78, 5) is 38.1. The van der Waals surface area contributed by atoms with Crippen molar-refractivity contribution in [3.8, 4) is 5.75 Å². The maximum Gasteiger partial charge on any atom is 0.262 e. The first-order valence-corrected chi connectivity index (χ1v) is 9.46. The van der Waals surface area contributed by atoms with E-state index in [1.807, 2.05) is 0 Å². The molecule has 0 saturated carbocycles. The monoisotopic (exact) mass is 415 g/mol. The van der Waals surface area contributed by atoms with Gasteiger partial charge >= 0.3 is 0 Å². The van der Waals surface area contributed by atoms with Gasteiger partial charge in [-0.15, -0.1) is 0 Å². The first-order chi connectivity index (χ1) is 14.3. The Labute approximate surface area is 171 Å². The molecule has 9 heteroatoms. The SMILES string of the molecule is CC(NC(=O)C1CCN(c2cc(F)cc(F)c2)C1=O)c1ccc2c(c1)NC(=O)CO2. The normalized spacial score (nSPS) is 19.0. The highest BCUT2D eigenvalue weighted by molar-refractivity contribution is 6.09. The molecule has 30 heavy (non-hydrogen) atoms. The van der Waals surface area contributed by atoms with Crippen LogP contribution in [0.2, 0.25) is 0 Å². The Kier molecular flexibility index (Phi) is 5.11. The number of hydrogen-bond donors (Lipinski definition) is 2. The van der Waals surface area contributed by atoms with Gasteiger partial charge in [0.25, 0.3) is 5.91 Å². The first kappa shape index (κ1) is 19.8. The fourth-order valence-corrected chi connectivity index (χ4v) is 3.64. The van der Waals surface area contributed by atoms with Crippen molar-refractivity contribution in [1.29, 1.82) is 0 Å². The summed E-state index contributed by atoms with van der Waals surface area (Å²) in [5.74, 6) is -3.21. The summed E-state index contributed by atoms with van der Waals surface area (Å²) in [7, 11) is 0. The third-order valence-electron chi connectivity index (χ3n) is 5.18. The Balaban J connectivity index is 1.44. The number of benzene rings is 2. The number of carbonyl (C=O) groups is 3. The molecule has 2 unspecified atom stereocenters. The third kappa shape index (κ3) is 3.83. The molecule has 0 spiro atoms. The minimum atomic E-state index is -0.945. The van der Waals surface area contributed by atoms with Crippen molar-refractivity contribution >= 4 is 29.1 Å². The highest BCUT2D eigenvalue weighted by atomic mass is 19.1. The van der Waals surface area contributed by atoms with Gasteiger partial charge in [-0.2, -0.15) is 0 Å². The largest absolute Gasteiger partial charge is 0.482 e.